The summed E-state index contributed by atoms with van der Waals surface area (Å²) in [4.78, 5) is 2.35. The van der Waals surface area contributed by atoms with Gasteiger partial charge in [-0.2, -0.15) is 0 Å². The van der Waals surface area contributed by atoms with Crippen molar-refractivity contribution in [3.05, 3.63) is 29.3 Å². The number of nitrogens with two attached hydrogens (primary N) is 1. The third-order valence-corrected chi connectivity index (χ3v) is 2.93. The molecule has 82 valence electrons. The SMILES string of the molecule is Cc1ccc(N2CCOCC2)cc1CN. The predicted octanol–water partition coefficient (Wildman–Crippen LogP) is 1.29. The molecule has 0 unspecified atom stereocenters. The molecule has 0 radical (unpaired) electrons. The second kappa shape index (κ2) is 4.64. The van der Waals surface area contributed by atoms with Crippen LogP contribution in [0.1, 0.15) is 11.1 Å². The number of benzene rings is 1. The van der Waals surface area contributed by atoms with Crippen LogP contribution in [-0.4, -0.2) is 26.3 Å². The molecule has 1 heterocycles. The largest absolute Gasteiger partial charge is 0.378 e. The van der Waals surface area contributed by atoms with E-state index < -0.39 is 0 Å². The van der Waals surface area contributed by atoms with Crippen molar-refractivity contribution in [1.82, 2.24) is 0 Å². The molecule has 0 atom stereocenters. The van der Waals surface area contributed by atoms with Crippen LogP contribution in [0.2, 0.25) is 0 Å². The molecule has 1 saturated heterocycles. The highest BCUT2D eigenvalue weighted by atomic mass is 16.5. The van der Waals surface area contributed by atoms with Gasteiger partial charge < -0.3 is 15.4 Å². The van der Waals surface area contributed by atoms with E-state index in [1.54, 1.807) is 0 Å². The molecule has 1 aromatic carbocycles. The van der Waals surface area contributed by atoms with Crippen LogP contribution in [0.3, 0.4) is 0 Å². The van der Waals surface area contributed by atoms with Gasteiger partial charge >= 0.3 is 0 Å². The number of nitrogens with zero attached hydrogens (tertiary/aromatic N) is 1. The van der Waals surface area contributed by atoms with Crippen LogP contribution >= 0.6 is 0 Å². The Labute approximate surface area is 90.8 Å². The van der Waals surface area contributed by atoms with Crippen LogP contribution in [0.15, 0.2) is 18.2 Å². The van der Waals surface area contributed by atoms with Crippen molar-refractivity contribution in [2.75, 3.05) is 31.2 Å². The molecule has 0 saturated carbocycles. The summed E-state index contributed by atoms with van der Waals surface area (Å²) < 4.78 is 5.34. The second-order valence-electron chi connectivity index (χ2n) is 3.91. The maximum Gasteiger partial charge on any atom is 0.0642 e. The van der Waals surface area contributed by atoms with Crippen molar-refractivity contribution < 1.29 is 4.74 Å². The Morgan fingerprint density at radius 1 is 1.33 bits per heavy atom. The molecule has 0 aromatic heterocycles. The molecule has 3 heteroatoms. The highest BCUT2D eigenvalue weighted by Crippen LogP contribution is 2.19. The van der Waals surface area contributed by atoms with E-state index in [-0.39, 0.29) is 0 Å². The molecule has 0 amide bonds. The normalized spacial score (nSPS) is 16.8. The van der Waals surface area contributed by atoms with Crippen LogP contribution < -0.4 is 10.6 Å². The van der Waals surface area contributed by atoms with Crippen LogP contribution in [0, 0.1) is 6.92 Å². The molecule has 0 spiro atoms. The number of rotatable bonds is 2. The fourth-order valence-electron chi connectivity index (χ4n) is 1.90. The Morgan fingerprint density at radius 3 is 2.73 bits per heavy atom. The van der Waals surface area contributed by atoms with Gasteiger partial charge in [0.25, 0.3) is 0 Å². The van der Waals surface area contributed by atoms with Crippen molar-refractivity contribution in [3.63, 3.8) is 0 Å². The quantitative estimate of drug-likeness (QED) is 0.792. The van der Waals surface area contributed by atoms with Gasteiger partial charge in [0.15, 0.2) is 0 Å². The fraction of sp³-hybridized carbons (Fsp3) is 0.500. The monoisotopic (exact) mass is 206 g/mol. The zero-order valence-electron chi connectivity index (χ0n) is 9.20. The molecule has 2 rings (SSSR count). The summed E-state index contributed by atoms with van der Waals surface area (Å²) in [5.41, 5.74) is 9.48. The number of anilines is 1. The van der Waals surface area contributed by atoms with E-state index in [1.165, 1.54) is 16.8 Å². The van der Waals surface area contributed by atoms with Crippen LogP contribution in [0.25, 0.3) is 0 Å². The third-order valence-electron chi connectivity index (χ3n) is 2.93. The van der Waals surface area contributed by atoms with Crippen LogP contribution in [0.4, 0.5) is 5.69 Å². The number of ether oxygens (including phenoxy) is 1. The summed E-state index contributed by atoms with van der Waals surface area (Å²) in [6, 6.07) is 6.51. The van der Waals surface area contributed by atoms with Gasteiger partial charge in [-0.25, -0.2) is 0 Å². The first-order chi connectivity index (χ1) is 7.31. The van der Waals surface area contributed by atoms with Gasteiger partial charge in [0, 0.05) is 25.3 Å². The average molecular weight is 206 g/mol. The molecular weight excluding hydrogens is 188 g/mol. The lowest BCUT2D eigenvalue weighted by Crippen LogP contribution is -2.36. The number of hydrogen-bond donors (Lipinski definition) is 1. The summed E-state index contributed by atoms with van der Waals surface area (Å²) in [5, 5.41) is 0. The molecular formula is C12H18N2O. The summed E-state index contributed by atoms with van der Waals surface area (Å²) >= 11 is 0. The van der Waals surface area contributed by atoms with E-state index in [2.05, 4.69) is 30.0 Å². The first kappa shape index (κ1) is 10.5. The van der Waals surface area contributed by atoms with E-state index in [0.717, 1.165) is 26.3 Å². The van der Waals surface area contributed by atoms with Crippen molar-refractivity contribution in [1.29, 1.82) is 0 Å². The van der Waals surface area contributed by atoms with Crippen LogP contribution in [-0.2, 0) is 11.3 Å². The summed E-state index contributed by atoms with van der Waals surface area (Å²) in [5.74, 6) is 0. The third kappa shape index (κ3) is 2.30. The lowest BCUT2D eigenvalue weighted by Gasteiger charge is -2.29. The lowest BCUT2D eigenvalue weighted by molar-refractivity contribution is 0.122. The minimum Gasteiger partial charge on any atom is -0.378 e. The number of morpholine rings is 1. The van der Waals surface area contributed by atoms with E-state index in [9.17, 15) is 0 Å². The first-order valence-corrected chi connectivity index (χ1v) is 5.43. The molecule has 0 bridgehead atoms. The Balaban J connectivity index is 2.20. The zero-order valence-corrected chi connectivity index (χ0v) is 9.20. The summed E-state index contributed by atoms with van der Waals surface area (Å²) in [7, 11) is 0. The predicted molar refractivity (Wildman–Crippen MR) is 62.1 cm³/mol. The van der Waals surface area contributed by atoms with Gasteiger partial charge in [0.05, 0.1) is 13.2 Å². The Bertz CT molecular complexity index is 332. The Kier molecular flexibility index (Phi) is 3.23. The second-order valence-corrected chi connectivity index (χ2v) is 3.91. The molecule has 15 heavy (non-hydrogen) atoms. The Hall–Kier alpha value is -1.06. The number of hydrogen-bond acceptors (Lipinski definition) is 3. The van der Waals surface area contributed by atoms with Gasteiger partial charge in [0.1, 0.15) is 0 Å². The van der Waals surface area contributed by atoms with Crippen molar-refractivity contribution in [2.24, 2.45) is 5.73 Å². The average Bonchev–Trinajstić information content (AvgIpc) is 2.31. The molecule has 1 aromatic rings. The smallest absolute Gasteiger partial charge is 0.0642 e. The van der Waals surface area contributed by atoms with E-state index in [4.69, 9.17) is 10.5 Å². The lowest BCUT2D eigenvalue weighted by atomic mass is 10.1. The summed E-state index contributed by atoms with van der Waals surface area (Å²) in [6.07, 6.45) is 0. The molecule has 3 nitrogen and oxygen atoms in total. The zero-order chi connectivity index (χ0) is 10.7. The van der Waals surface area contributed by atoms with Crippen molar-refractivity contribution in [2.45, 2.75) is 13.5 Å². The van der Waals surface area contributed by atoms with E-state index >= 15 is 0 Å². The maximum atomic E-state index is 5.71. The highest BCUT2D eigenvalue weighted by Gasteiger charge is 2.11. The van der Waals surface area contributed by atoms with Crippen molar-refractivity contribution in [3.8, 4) is 0 Å². The first-order valence-electron chi connectivity index (χ1n) is 5.43. The molecule has 2 N–H and O–H groups in total. The molecule has 1 aliphatic heterocycles. The minimum absolute atomic E-state index is 0.615. The molecule has 0 aliphatic carbocycles. The maximum absolute atomic E-state index is 5.71. The van der Waals surface area contributed by atoms with E-state index in [1.807, 2.05) is 0 Å². The summed E-state index contributed by atoms with van der Waals surface area (Å²) in [6.45, 7) is 6.33. The highest BCUT2D eigenvalue weighted by molar-refractivity contribution is 5.51. The van der Waals surface area contributed by atoms with Crippen LogP contribution in [0.5, 0.6) is 0 Å². The Morgan fingerprint density at radius 2 is 2.07 bits per heavy atom. The molecule has 1 aliphatic rings. The van der Waals surface area contributed by atoms with E-state index in [0.29, 0.717) is 6.54 Å². The molecule has 1 fully saturated rings. The van der Waals surface area contributed by atoms with Gasteiger partial charge in [-0.15, -0.1) is 0 Å². The number of aryl methyl sites for hydroxylation is 1. The topological polar surface area (TPSA) is 38.5 Å². The fourth-order valence-corrected chi connectivity index (χ4v) is 1.90. The van der Waals surface area contributed by atoms with Crippen molar-refractivity contribution >= 4 is 5.69 Å². The minimum atomic E-state index is 0.615. The standard InChI is InChI=1S/C12H18N2O/c1-10-2-3-12(8-11(10)9-13)14-4-6-15-7-5-14/h2-3,8H,4-7,9,13H2,1H3. The van der Waals surface area contributed by atoms with Gasteiger partial charge in [0.2, 0.25) is 0 Å². The van der Waals surface area contributed by atoms with Gasteiger partial charge in [-0.05, 0) is 30.2 Å². The van der Waals surface area contributed by atoms with Gasteiger partial charge in [-0.3, -0.25) is 0 Å². The van der Waals surface area contributed by atoms with Gasteiger partial charge in [-0.1, -0.05) is 6.07 Å².